The van der Waals surface area contributed by atoms with Crippen LogP contribution in [0.4, 0.5) is 5.00 Å². The lowest BCUT2D eigenvalue weighted by atomic mass is 10.0. The van der Waals surface area contributed by atoms with E-state index in [9.17, 15) is 0 Å². The topological polar surface area (TPSA) is 31.4 Å². The summed E-state index contributed by atoms with van der Waals surface area (Å²) >= 11 is 1.82. The molecule has 2 aliphatic rings. The largest absolute Gasteiger partial charge is 0.366 e. The molecule has 5 heteroatoms. The first kappa shape index (κ1) is 19.3. The molecule has 30 heavy (non-hydrogen) atoms. The van der Waals surface area contributed by atoms with Crippen molar-refractivity contribution >= 4 is 28.2 Å². The fourth-order valence-electron chi connectivity index (χ4n) is 4.56. The van der Waals surface area contributed by atoms with E-state index in [1.165, 1.54) is 33.1 Å². The number of hydrogen-bond acceptors (Lipinski definition) is 5. The van der Waals surface area contributed by atoms with Gasteiger partial charge in [0.25, 0.3) is 0 Å². The Balaban J connectivity index is 1.49. The van der Waals surface area contributed by atoms with E-state index >= 15 is 0 Å². The van der Waals surface area contributed by atoms with Gasteiger partial charge in [0.05, 0.1) is 11.0 Å². The molecule has 1 unspecified atom stereocenters. The van der Waals surface area contributed by atoms with Crippen LogP contribution in [0.15, 0.2) is 54.7 Å². The monoisotopic (exact) mass is 416 g/mol. The van der Waals surface area contributed by atoms with Crippen molar-refractivity contribution in [1.29, 1.82) is 0 Å². The molecule has 1 fully saturated rings. The van der Waals surface area contributed by atoms with Crippen LogP contribution in [0.2, 0.25) is 0 Å². The summed E-state index contributed by atoms with van der Waals surface area (Å²) in [4.78, 5) is 11.3. The molecule has 154 valence electrons. The van der Waals surface area contributed by atoms with E-state index in [1.807, 2.05) is 23.6 Å². The Morgan fingerprint density at radius 1 is 1.13 bits per heavy atom. The highest BCUT2D eigenvalue weighted by Crippen LogP contribution is 2.35. The van der Waals surface area contributed by atoms with Gasteiger partial charge in [-0.15, -0.1) is 11.3 Å². The number of fused-ring (bicyclic) bond motifs is 2. The van der Waals surface area contributed by atoms with Crippen molar-refractivity contribution in [3.63, 3.8) is 0 Å². The number of hydrogen-bond donors (Lipinski definition) is 1. The molecule has 2 aromatic heterocycles. The minimum Gasteiger partial charge on any atom is -0.366 e. The molecule has 1 aromatic carbocycles. The summed E-state index contributed by atoms with van der Waals surface area (Å²) in [5.41, 5.74) is 3.99. The Labute approximate surface area is 182 Å². The van der Waals surface area contributed by atoms with E-state index in [1.54, 1.807) is 0 Å². The van der Waals surface area contributed by atoms with Crippen LogP contribution in [0.5, 0.6) is 0 Å². The Hall–Kier alpha value is -2.63. The Morgan fingerprint density at radius 2 is 2.00 bits per heavy atom. The van der Waals surface area contributed by atoms with Crippen LogP contribution in [0, 0.1) is 6.92 Å². The number of benzene rings is 1. The second-order valence-electron chi connectivity index (χ2n) is 8.28. The molecule has 0 radical (unpaired) electrons. The van der Waals surface area contributed by atoms with Crippen molar-refractivity contribution in [1.82, 2.24) is 14.8 Å². The van der Waals surface area contributed by atoms with Crippen LogP contribution in [0.1, 0.15) is 22.4 Å². The summed E-state index contributed by atoms with van der Waals surface area (Å²) in [7, 11) is 2.27. The Bertz CT molecular complexity index is 1150. The molecule has 0 aliphatic carbocycles. The highest BCUT2D eigenvalue weighted by molar-refractivity contribution is 7.16. The van der Waals surface area contributed by atoms with E-state index in [4.69, 9.17) is 4.98 Å². The van der Waals surface area contributed by atoms with Crippen LogP contribution >= 0.6 is 11.3 Å². The van der Waals surface area contributed by atoms with E-state index in [0.29, 0.717) is 6.04 Å². The van der Waals surface area contributed by atoms with Gasteiger partial charge < -0.3 is 10.2 Å². The maximum Gasteiger partial charge on any atom is 0.102 e. The first-order chi connectivity index (χ1) is 14.7. The van der Waals surface area contributed by atoms with E-state index in [2.05, 4.69) is 77.8 Å². The Kier molecular flexibility index (Phi) is 5.32. The molecule has 0 amide bonds. The third-order valence-corrected chi connectivity index (χ3v) is 7.22. The number of thiophene rings is 1. The van der Waals surface area contributed by atoms with Gasteiger partial charge in [0.15, 0.2) is 0 Å². The number of likely N-dealkylation sites (N-methyl/N-ethyl adjacent to an activating group) is 1. The van der Waals surface area contributed by atoms with Gasteiger partial charge in [0.1, 0.15) is 5.00 Å². The number of rotatable bonds is 4. The van der Waals surface area contributed by atoms with Crippen LogP contribution in [0.3, 0.4) is 0 Å². The van der Waals surface area contributed by atoms with Gasteiger partial charge in [-0.3, -0.25) is 9.88 Å². The number of aromatic nitrogens is 1. The lowest BCUT2D eigenvalue weighted by Gasteiger charge is -2.41. The molecule has 1 N–H and O–H groups in total. The molecular formula is C25H28N4S. The van der Waals surface area contributed by atoms with Gasteiger partial charge in [-0.25, -0.2) is 0 Å². The van der Waals surface area contributed by atoms with Crippen LogP contribution < -0.4 is 15.9 Å². The number of anilines is 1. The SMILES string of the molecule is Cc1cc2c(s1)NC=c1cccnc1=C2N1CCN(C)C(CCc2ccccc2)C1. The smallest absolute Gasteiger partial charge is 0.102 e. The number of aryl methyl sites for hydroxylation is 2. The molecule has 4 heterocycles. The average molecular weight is 417 g/mol. The zero-order chi connectivity index (χ0) is 20.5. The van der Waals surface area contributed by atoms with Crippen molar-refractivity contribution in [3.8, 4) is 0 Å². The van der Waals surface area contributed by atoms with Crippen molar-refractivity contribution in [3.05, 3.63) is 81.3 Å². The van der Waals surface area contributed by atoms with Crippen molar-refractivity contribution < 1.29 is 0 Å². The van der Waals surface area contributed by atoms with E-state index < -0.39 is 0 Å². The summed E-state index contributed by atoms with van der Waals surface area (Å²) in [6.07, 6.45) is 6.30. The van der Waals surface area contributed by atoms with Crippen LogP contribution in [-0.2, 0) is 6.42 Å². The molecule has 5 rings (SSSR count). The predicted molar refractivity (Wildman–Crippen MR) is 126 cm³/mol. The van der Waals surface area contributed by atoms with Crippen LogP contribution in [-0.4, -0.2) is 47.5 Å². The molecular weight excluding hydrogens is 388 g/mol. The molecule has 0 bridgehead atoms. The average Bonchev–Trinajstić information content (AvgIpc) is 3.07. The summed E-state index contributed by atoms with van der Waals surface area (Å²) in [6.45, 7) is 5.31. The van der Waals surface area contributed by atoms with E-state index in [-0.39, 0.29) is 0 Å². The van der Waals surface area contributed by atoms with Gasteiger partial charge >= 0.3 is 0 Å². The normalized spacial score (nSPS) is 18.8. The van der Waals surface area contributed by atoms with Crippen LogP contribution in [0.25, 0.3) is 11.9 Å². The third kappa shape index (κ3) is 3.75. The number of pyridine rings is 1. The fourth-order valence-corrected chi connectivity index (χ4v) is 5.44. The molecule has 2 aliphatic heterocycles. The first-order valence-corrected chi connectivity index (χ1v) is 11.5. The third-order valence-electron chi connectivity index (χ3n) is 6.23. The molecule has 4 nitrogen and oxygen atoms in total. The summed E-state index contributed by atoms with van der Waals surface area (Å²) in [5, 5.41) is 7.01. The molecule has 0 spiro atoms. The molecule has 3 aromatic rings. The minimum absolute atomic E-state index is 0.530. The summed E-state index contributed by atoms with van der Waals surface area (Å²) in [6, 6.07) is 17.9. The van der Waals surface area contributed by atoms with Crippen molar-refractivity contribution in [2.75, 3.05) is 32.0 Å². The van der Waals surface area contributed by atoms with Gasteiger partial charge in [0, 0.05) is 53.7 Å². The maximum atomic E-state index is 4.82. The zero-order valence-corrected chi connectivity index (χ0v) is 18.5. The highest BCUT2D eigenvalue weighted by atomic mass is 32.1. The quantitative estimate of drug-likeness (QED) is 0.709. The maximum absolute atomic E-state index is 4.82. The standard InChI is InChI=1S/C25H28N4S/c1-18-15-22-24(23-20(9-6-12-26-23)16-27-25(22)30-18)29-14-13-28(2)21(17-29)11-10-19-7-4-3-5-8-19/h3-9,12,15-16,21,27H,10-11,13-14,17H2,1-2H3. The fraction of sp³-hybridized carbons (Fsp3) is 0.320. The predicted octanol–water partition coefficient (Wildman–Crippen LogP) is 3.02. The lowest BCUT2D eigenvalue weighted by molar-refractivity contribution is 0.128. The number of piperazine rings is 1. The van der Waals surface area contributed by atoms with Gasteiger partial charge in [-0.1, -0.05) is 30.3 Å². The van der Waals surface area contributed by atoms with Gasteiger partial charge in [-0.05, 0) is 50.6 Å². The minimum atomic E-state index is 0.530. The first-order valence-electron chi connectivity index (χ1n) is 10.7. The zero-order valence-electron chi connectivity index (χ0n) is 17.6. The van der Waals surface area contributed by atoms with Crippen molar-refractivity contribution in [2.45, 2.75) is 25.8 Å². The second kappa shape index (κ2) is 8.25. The Morgan fingerprint density at radius 3 is 2.87 bits per heavy atom. The van der Waals surface area contributed by atoms with Gasteiger partial charge in [0.2, 0.25) is 0 Å². The van der Waals surface area contributed by atoms with Gasteiger partial charge in [-0.2, -0.15) is 0 Å². The number of nitrogens with one attached hydrogen (secondary N) is 1. The van der Waals surface area contributed by atoms with E-state index in [0.717, 1.165) is 36.6 Å². The van der Waals surface area contributed by atoms with Crippen molar-refractivity contribution in [2.24, 2.45) is 0 Å². The lowest BCUT2D eigenvalue weighted by Crippen LogP contribution is -2.52. The molecule has 1 saturated heterocycles. The highest BCUT2D eigenvalue weighted by Gasteiger charge is 2.28. The molecule has 0 saturated carbocycles. The number of nitrogens with zero attached hydrogens (tertiary/aromatic N) is 3. The second-order valence-corrected chi connectivity index (χ2v) is 9.54. The summed E-state index contributed by atoms with van der Waals surface area (Å²) in [5.74, 6) is 0. The summed E-state index contributed by atoms with van der Waals surface area (Å²) < 4.78 is 0. The molecule has 1 atom stereocenters.